The molecule has 0 unspecified atom stereocenters. The summed E-state index contributed by atoms with van der Waals surface area (Å²) in [5, 5.41) is 11.5. The summed E-state index contributed by atoms with van der Waals surface area (Å²) in [6, 6.07) is 1.96. The third kappa shape index (κ3) is 2.99. The molecule has 13 heavy (non-hydrogen) atoms. The van der Waals surface area contributed by atoms with Gasteiger partial charge in [-0.1, -0.05) is 6.92 Å². The predicted molar refractivity (Wildman–Crippen MR) is 51.7 cm³/mol. The first-order valence-corrected chi connectivity index (χ1v) is 4.45. The van der Waals surface area contributed by atoms with Gasteiger partial charge in [0.05, 0.1) is 6.61 Å². The minimum atomic E-state index is 0.0960. The molecule has 1 aromatic heterocycles. The molecule has 0 saturated heterocycles. The largest absolute Gasteiger partial charge is 0.395 e. The van der Waals surface area contributed by atoms with Gasteiger partial charge < -0.3 is 10.4 Å². The Morgan fingerprint density at radius 3 is 2.85 bits per heavy atom. The van der Waals surface area contributed by atoms with Crippen LogP contribution in [-0.4, -0.2) is 28.2 Å². The number of nitrogens with zero attached hydrogens (tertiary/aromatic N) is 2. The molecule has 0 radical (unpaired) electrons. The Hall–Kier alpha value is -1.16. The van der Waals surface area contributed by atoms with Crippen LogP contribution in [0, 0.1) is 6.92 Å². The molecule has 0 saturated carbocycles. The van der Waals surface area contributed by atoms with Crippen LogP contribution in [0.2, 0.25) is 0 Å². The van der Waals surface area contributed by atoms with Gasteiger partial charge in [-0.25, -0.2) is 9.97 Å². The van der Waals surface area contributed by atoms with Crippen molar-refractivity contribution in [1.82, 2.24) is 9.97 Å². The molecule has 0 aliphatic heterocycles. The monoisotopic (exact) mass is 181 g/mol. The van der Waals surface area contributed by atoms with Crippen LogP contribution in [0.4, 0.5) is 5.95 Å². The Balaban J connectivity index is 2.76. The van der Waals surface area contributed by atoms with Gasteiger partial charge in [0.2, 0.25) is 5.95 Å². The molecule has 0 aliphatic carbocycles. The summed E-state index contributed by atoms with van der Waals surface area (Å²) >= 11 is 0. The van der Waals surface area contributed by atoms with E-state index in [1.165, 1.54) is 0 Å². The number of aliphatic hydroxyl groups is 1. The zero-order valence-electron chi connectivity index (χ0n) is 8.04. The van der Waals surface area contributed by atoms with Crippen molar-refractivity contribution in [3.63, 3.8) is 0 Å². The van der Waals surface area contributed by atoms with Crippen LogP contribution >= 0.6 is 0 Å². The highest BCUT2D eigenvalue weighted by Gasteiger charge is 1.99. The zero-order valence-corrected chi connectivity index (χ0v) is 8.04. The Bertz CT molecular complexity index is 276. The van der Waals surface area contributed by atoms with E-state index in [9.17, 15) is 0 Å². The lowest BCUT2D eigenvalue weighted by Gasteiger charge is -2.05. The summed E-state index contributed by atoms with van der Waals surface area (Å²) in [6.07, 6.45) is 0.900. The minimum absolute atomic E-state index is 0.0960. The van der Waals surface area contributed by atoms with Crippen molar-refractivity contribution in [1.29, 1.82) is 0 Å². The van der Waals surface area contributed by atoms with Crippen LogP contribution in [0.3, 0.4) is 0 Å². The van der Waals surface area contributed by atoms with Crippen LogP contribution in [-0.2, 0) is 6.42 Å². The highest BCUT2D eigenvalue weighted by atomic mass is 16.3. The molecule has 0 amide bonds. The van der Waals surface area contributed by atoms with Gasteiger partial charge in [0.25, 0.3) is 0 Å². The predicted octanol–water partition coefficient (Wildman–Crippen LogP) is 0.752. The van der Waals surface area contributed by atoms with Crippen LogP contribution in [0.15, 0.2) is 6.07 Å². The average Bonchev–Trinajstić information content (AvgIpc) is 2.14. The zero-order chi connectivity index (χ0) is 9.68. The molecule has 0 aliphatic rings. The van der Waals surface area contributed by atoms with E-state index in [-0.39, 0.29) is 6.61 Å². The minimum Gasteiger partial charge on any atom is -0.395 e. The summed E-state index contributed by atoms with van der Waals surface area (Å²) in [5.41, 5.74) is 1.97. The maximum Gasteiger partial charge on any atom is 0.223 e. The van der Waals surface area contributed by atoms with Gasteiger partial charge in [0.1, 0.15) is 0 Å². The highest BCUT2D eigenvalue weighted by molar-refractivity contribution is 5.27. The second kappa shape index (κ2) is 4.77. The lowest BCUT2D eigenvalue weighted by Crippen LogP contribution is -2.10. The van der Waals surface area contributed by atoms with E-state index in [2.05, 4.69) is 22.2 Å². The molecule has 0 fully saturated rings. The number of hydrogen-bond donors (Lipinski definition) is 2. The van der Waals surface area contributed by atoms with Crippen LogP contribution < -0.4 is 5.32 Å². The first kappa shape index (κ1) is 9.92. The number of aromatic nitrogens is 2. The Labute approximate surface area is 78.0 Å². The molecule has 2 N–H and O–H groups in total. The van der Waals surface area contributed by atoms with Gasteiger partial charge in [0.15, 0.2) is 0 Å². The fourth-order valence-corrected chi connectivity index (χ4v) is 1.06. The molecule has 0 atom stereocenters. The van der Waals surface area contributed by atoms with E-state index in [0.717, 1.165) is 17.8 Å². The van der Waals surface area contributed by atoms with E-state index >= 15 is 0 Å². The number of anilines is 1. The van der Waals surface area contributed by atoms with Crippen molar-refractivity contribution >= 4 is 5.95 Å². The third-order valence-corrected chi connectivity index (χ3v) is 1.66. The Kier molecular flexibility index (Phi) is 3.64. The normalized spacial score (nSPS) is 10.1. The summed E-state index contributed by atoms with van der Waals surface area (Å²) < 4.78 is 0. The Morgan fingerprint density at radius 2 is 2.23 bits per heavy atom. The van der Waals surface area contributed by atoms with Crippen molar-refractivity contribution in [2.75, 3.05) is 18.5 Å². The molecule has 4 nitrogen and oxygen atoms in total. The quantitative estimate of drug-likeness (QED) is 0.719. The summed E-state index contributed by atoms with van der Waals surface area (Å²) in [5.74, 6) is 0.603. The summed E-state index contributed by atoms with van der Waals surface area (Å²) in [7, 11) is 0. The highest BCUT2D eigenvalue weighted by Crippen LogP contribution is 2.04. The van der Waals surface area contributed by atoms with Gasteiger partial charge in [0, 0.05) is 17.9 Å². The number of hydrogen-bond acceptors (Lipinski definition) is 4. The smallest absolute Gasteiger partial charge is 0.223 e. The maximum atomic E-state index is 8.61. The molecule has 72 valence electrons. The second-order valence-electron chi connectivity index (χ2n) is 2.83. The molecular weight excluding hydrogens is 166 g/mol. The van der Waals surface area contributed by atoms with Crippen molar-refractivity contribution < 1.29 is 5.11 Å². The van der Waals surface area contributed by atoms with E-state index in [1.807, 2.05) is 13.0 Å². The van der Waals surface area contributed by atoms with Crippen LogP contribution in [0.1, 0.15) is 18.3 Å². The first-order chi connectivity index (χ1) is 6.26. The van der Waals surface area contributed by atoms with Gasteiger partial charge in [-0.2, -0.15) is 0 Å². The third-order valence-electron chi connectivity index (χ3n) is 1.66. The van der Waals surface area contributed by atoms with Gasteiger partial charge in [-0.15, -0.1) is 0 Å². The number of nitrogens with one attached hydrogen (secondary N) is 1. The number of aryl methyl sites for hydroxylation is 2. The topological polar surface area (TPSA) is 58.0 Å². The van der Waals surface area contributed by atoms with Gasteiger partial charge in [-0.05, 0) is 19.4 Å². The van der Waals surface area contributed by atoms with Crippen molar-refractivity contribution in [3.05, 3.63) is 17.5 Å². The molecule has 1 heterocycles. The summed E-state index contributed by atoms with van der Waals surface area (Å²) in [4.78, 5) is 8.44. The molecule has 1 rings (SSSR count). The maximum absolute atomic E-state index is 8.61. The molecule has 1 aromatic rings. The number of aliphatic hydroxyl groups excluding tert-OH is 1. The van der Waals surface area contributed by atoms with Crippen LogP contribution in [0.25, 0.3) is 0 Å². The SMILES string of the molecule is CCc1cc(C)nc(NCCO)n1. The second-order valence-corrected chi connectivity index (χ2v) is 2.83. The lowest BCUT2D eigenvalue weighted by molar-refractivity contribution is 0.310. The average molecular weight is 181 g/mol. The summed E-state index contributed by atoms with van der Waals surface area (Å²) in [6.45, 7) is 4.58. The molecule has 0 bridgehead atoms. The number of rotatable bonds is 4. The van der Waals surface area contributed by atoms with E-state index in [1.54, 1.807) is 0 Å². The fourth-order valence-electron chi connectivity index (χ4n) is 1.06. The lowest BCUT2D eigenvalue weighted by atomic mass is 10.3. The molecule has 4 heteroatoms. The van der Waals surface area contributed by atoms with E-state index in [4.69, 9.17) is 5.11 Å². The van der Waals surface area contributed by atoms with Crippen molar-refractivity contribution in [2.45, 2.75) is 20.3 Å². The van der Waals surface area contributed by atoms with Crippen LogP contribution in [0.5, 0.6) is 0 Å². The molecule has 0 aromatic carbocycles. The molecule has 0 spiro atoms. The van der Waals surface area contributed by atoms with E-state index in [0.29, 0.717) is 12.5 Å². The van der Waals surface area contributed by atoms with Crippen molar-refractivity contribution in [2.24, 2.45) is 0 Å². The standard InChI is InChI=1S/C9H15N3O/c1-3-8-6-7(2)11-9(12-8)10-4-5-13/h6,13H,3-5H2,1-2H3,(H,10,11,12). The Morgan fingerprint density at radius 1 is 1.46 bits per heavy atom. The molecular formula is C9H15N3O. The van der Waals surface area contributed by atoms with Crippen molar-refractivity contribution in [3.8, 4) is 0 Å². The van der Waals surface area contributed by atoms with E-state index < -0.39 is 0 Å². The fraction of sp³-hybridized carbons (Fsp3) is 0.556. The first-order valence-electron chi connectivity index (χ1n) is 4.45. The van der Waals surface area contributed by atoms with Gasteiger partial charge in [-0.3, -0.25) is 0 Å². The van der Waals surface area contributed by atoms with Gasteiger partial charge >= 0.3 is 0 Å².